The molecule has 0 fully saturated rings. The van der Waals surface area contributed by atoms with Crippen molar-refractivity contribution in [2.75, 3.05) is 0 Å². The molecule has 0 aromatic heterocycles. The predicted octanol–water partition coefficient (Wildman–Crippen LogP) is 3.34. The van der Waals surface area contributed by atoms with Crippen molar-refractivity contribution in [2.24, 2.45) is 0 Å². The molecule has 1 amide bonds. The van der Waals surface area contributed by atoms with E-state index in [1.165, 1.54) is 6.92 Å². The number of ether oxygens (including phenoxy) is 1. The Hall–Kier alpha value is -1.92. The average Bonchev–Trinajstić information content (AvgIpc) is 2.51. The van der Waals surface area contributed by atoms with Crippen molar-refractivity contribution in [2.45, 2.75) is 50.6 Å². The molecule has 0 aliphatic carbocycles. The van der Waals surface area contributed by atoms with E-state index in [1.54, 1.807) is 45.0 Å². The van der Waals surface area contributed by atoms with Crippen LogP contribution in [0.2, 0.25) is 4.82 Å². The second kappa shape index (κ2) is 9.69. The van der Waals surface area contributed by atoms with Crippen molar-refractivity contribution >= 4 is 31.5 Å². The van der Waals surface area contributed by atoms with Crippen molar-refractivity contribution in [1.82, 2.24) is 5.32 Å². The number of halogens is 2. The minimum absolute atomic E-state index is 0.146. The van der Waals surface area contributed by atoms with Gasteiger partial charge >= 0.3 is 158 Å². The van der Waals surface area contributed by atoms with Crippen molar-refractivity contribution in [3.63, 3.8) is 0 Å². The maximum atomic E-state index is 13.1. The molecule has 0 aliphatic heterocycles. The predicted molar refractivity (Wildman–Crippen MR) is 95.9 cm³/mol. The zero-order valence-corrected chi connectivity index (χ0v) is 16.8. The fourth-order valence-corrected chi connectivity index (χ4v) is 4.17. The molecule has 1 aromatic carbocycles. The van der Waals surface area contributed by atoms with E-state index in [2.05, 4.69) is 5.32 Å². The number of benzene rings is 1. The SMILES string of the molecule is CC(=C(F)F)[C@H](CC([Se]c1ccccc1)C(=O)O)NC(=O)OC(C)(C)C. The normalized spacial score (nSPS) is 13.5. The first-order valence-electron chi connectivity index (χ1n) is 7.95. The van der Waals surface area contributed by atoms with Gasteiger partial charge in [-0.2, -0.15) is 0 Å². The Morgan fingerprint density at radius 3 is 2.27 bits per heavy atom. The fourth-order valence-electron chi connectivity index (χ4n) is 2.00. The van der Waals surface area contributed by atoms with Crippen LogP contribution in [0.5, 0.6) is 0 Å². The Kier molecular flexibility index (Phi) is 8.24. The Morgan fingerprint density at radius 2 is 1.81 bits per heavy atom. The summed E-state index contributed by atoms with van der Waals surface area (Å²) in [6, 6.07) is 7.86. The first kappa shape index (κ1) is 22.1. The van der Waals surface area contributed by atoms with Crippen LogP contribution in [0.3, 0.4) is 0 Å². The van der Waals surface area contributed by atoms with Gasteiger partial charge in [0.15, 0.2) is 0 Å². The number of amides is 1. The van der Waals surface area contributed by atoms with E-state index in [9.17, 15) is 23.5 Å². The van der Waals surface area contributed by atoms with Crippen molar-refractivity contribution in [3.8, 4) is 0 Å². The summed E-state index contributed by atoms with van der Waals surface area (Å²) >= 11 is -0.478. The Bertz CT molecular complexity index is 655. The second-order valence-corrected chi connectivity index (χ2v) is 9.31. The number of alkyl carbamates (subject to hydrolysis) is 1. The number of carbonyl (C=O) groups excluding carboxylic acids is 1. The molecular formula is C18H23F2NO4Se. The molecule has 0 saturated heterocycles. The third-order valence-corrected chi connectivity index (χ3v) is 5.82. The number of aliphatic carboxylic acids is 1. The molecule has 5 nitrogen and oxygen atoms in total. The summed E-state index contributed by atoms with van der Waals surface area (Å²) in [6.07, 6.45) is -2.95. The second-order valence-electron chi connectivity index (χ2n) is 6.64. The van der Waals surface area contributed by atoms with Gasteiger partial charge < -0.3 is 0 Å². The monoisotopic (exact) mass is 435 g/mol. The van der Waals surface area contributed by atoms with Gasteiger partial charge in [-0.05, 0) is 0 Å². The van der Waals surface area contributed by atoms with Crippen molar-refractivity contribution in [3.05, 3.63) is 42.0 Å². The molecule has 1 unspecified atom stereocenters. The van der Waals surface area contributed by atoms with Crippen LogP contribution in [0, 0.1) is 0 Å². The molecule has 0 aliphatic rings. The van der Waals surface area contributed by atoms with E-state index < -0.39 is 49.6 Å². The summed E-state index contributed by atoms with van der Waals surface area (Å²) in [5.74, 6) is -1.09. The first-order chi connectivity index (χ1) is 12.0. The van der Waals surface area contributed by atoms with Gasteiger partial charge in [-0.25, -0.2) is 0 Å². The van der Waals surface area contributed by atoms with Gasteiger partial charge in [0.25, 0.3) is 0 Å². The molecule has 2 atom stereocenters. The van der Waals surface area contributed by atoms with Crippen LogP contribution >= 0.6 is 0 Å². The number of hydrogen-bond donors (Lipinski definition) is 2. The van der Waals surface area contributed by atoms with Gasteiger partial charge in [-0.15, -0.1) is 0 Å². The van der Waals surface area contributed by atoms with Gasteiger partial charge in [0.05, 0.1) is 0 Å². The van der Waals surface area contributed by atoms with E-state index >= 15 is 0 Å². The molecule has 1 aromatic rings. The van der Waals surface area contributed by atoms with Crippen molar-refractivity contribution < 1.29 is 28.2 Å². The van der Waals surface area contributed by atoms with E-state index in [0.717, 1.165) is 4.46 Å². The molecule has 0 spiro atoms. The number of carboxylic acid groups (broad SMARTS) is 1. The Balaban J connectivity index is 2.96. The van der Waals surface area contributed by atoms with Crippen LogP contribution in [0.4, 0.5) is 13.6 Å². The zero-order chi connectivity index (χ0) is 19.9. The van der Waals surface area contributed by atoms with Gasteiger partial charge in [0.2, 0.25) is 0 Å². The van der Waals surface area contributed by atoms with Gasteiger partial charge in [0, 0.05) is 0 Å². The fraction of sp³-hybridized carbons (Fsp3) is 0.444. The third-order valence-electron chi connectivity index (χ3n) is 3.26. The molecule has 2 N–H and O–H groups in total. The number of carbonyl (C=O) groups is 2. The summed E-state index contributed by atoms with van der Waals surface area (Å²) in [5, 5.41) is 11.9. The van der Waals surface area contributed by atoms with Gasteiger partial charge in [0.1, 0.15) is 0 Å². The minimum atomic E-state index is -1.94. The first-order valence-corrected chi connectivity index (χ1v) is 9.80. The van der Waals surface area contributed by atoms with Crippen LogP contribution in [-0.2, 0) is 9.53 Å². The summed E-state index contributed by atoms with van der Waals surface area (Å²) in [5.41, 5.74) is -1.16. The Morgan fingerprint density at radius 1 is 1.23 bits per heavy atom. The summed E-state index contributed by atoms with van der Waals surface area (Å²) in [4.78, 5) is 22.7. The van der Waals surface area contributed by atoms with Gasteiger partial charge in [-0.1, -0.05) is 0 Å². The number of hydrogen-bond acceptors (Lipinski definition) is 3. The summed E-state index contributed by atoms with van der Waals surface area (Å²) in [6.45, 7) is 6.13. The van der Waals surface area contributed by atoms with Crippen molar-refractivity contribution in [1.29, 1.82) is 0 Å². The molecule has 8 heteroatoms. The van der Waals surface area contributed by atoms with E-state index in [0.29, 0.717) is 0 Å². The standard InChI is InChI=1S/C18H23F2NO4Se/c1-11(15(19)20)13(21-17(24)25-18(2,3)4)10-14(16(22)23)26-12-8-6-5-7-9-12/h5-9,13-14H,10H2,1-4H3,(H,21,24)(H,22,23)/t13-,14?/m0/s1. The molecular weight excluding hydrogens is 411 g/mol. The molecule has 0 radical (unpaired) electrons. The van der Waals surface area contributed by atoms with Gasteiger partial charge in [-0.3, -0.25) is 0 Å². The third kappa shape index (κ3) is 7.97. The summed E-state index contributed by atoms with van der Waals surface area (Å²) < 4.78 is 32.1. The quantitative estimate of drug-likeness (QED) is 0.646. The van der Waals surface area contributed by atoms with Crippen LogP contribution in [-0.4, -0.2) is 43.8 Å². The average molecular weight is 434 g/mol. The summed E-state index contributed by atoms with van der Waals surface area (Å²) in [7, 11) is 0. The van der Waals surface area contributed by atoms with E-state index in [1.807, 2.05) is 6.07 Å². The molecule has 144 valence electrons. The van der Waals surface area contributed by atoms with E-state index in [-0.39, 0.29) is 12.0 Å². The van der Waals surface area contributed by atoms with Crippen LogP contribution in [0.15, 0.2) is 42.0 Å². The molecule has 0 bridgehead atoms. The van der Waals surface area contributed by atoms with Crippen LogP contribution < -0.4 is 9.78 Å². The Labute approximate surface area is 158 Å². The zero-order valence-electron chi connectivity index (χ0n) is 15.1. The van der Waals surface area contributed by atoms with Crippen LogP contribution in [0.1, 0.15) is 34.1 Å². The van der Waals surface area contributed by atoms with E-state index in [4.69, 9.17) is 4.74 Å². The van der Waals surface area contributed by atoms with Crippen LogP contribution in [0.25, 0.3) is 0 Å². The molecule has 0 heterocycles. The molecule has 26 heavy (non-hydrogen) atoms. The number of carboxylic acids is 1. The molecule has 0 saturated carbocycles. The topological polar surface area (TPSA) is 75.6 Å². The maximum absolute atomic E-state index is 13.1. The molecule has 1 rings (SSSR count). The number of nitrogens with one attached hydrogen (secondary N) is 1. The number of rotatable bonds is 7.